The minimum atomic E-state index is -4.78. The van der Waals surface area contributed by atoms with Crippen LogP contribution in [0, 0.1) is 0 Å². The first kappa shape index (κ1) is 15.0. The van der Waals surface area contributed by atoms with Gasteiger partial charge in [-0.15, -0.1) is 13.2 Å². The van der Waals surface area contributed by atoms with Crippen molar-refractivity contribution < 1.29 is 22.6 Å². The molecule has 0 fully saturated rings. The number of aromatic amines is 1. The summed E-state index contributed by atoms with van der Waals surface area (Å²) >= 11 is 0. The van der Waals surface area contributed by atoms with Crippen LogP contribution < -0.4 is 15.0 Å². The highest BCUT2D eigenvalue weighted by Gasteiger charge is 2.31. The number of H-pyrrole nitrogens is 1. The zero-order chi connectivity index (χ0) is 16.4. The molecule has 0 aliphatic carbocycles. The standard InChI is InChI=1S/C16H10F3NO3/c17-16(18,19)23-11-5-3-4-10(8-11)22-14-9-15(21)20-13-7-2-1-6-12(13)14/h1-9H,(H,20,21). The van der Waals surface area contributed by atoms with Crippen molar-refractivity contribution in [3.63, 3.8) is 0 Å². The number of nitrogens with one attached hydrogen (secondary N) is 1. The quantitative estimate of drug-likeness (QED) is 0.786. The van der Waals surface area contributed by atoms with Crippen LogP contribution in [0.4, 0.5) is 13.2 Å². The number of aromatic nitrogens is 1. The number of alkyl halides is 3. The summed E-state index contributed by atoms with van der Waals surface area (Å²) in [5.74, 6) is -0.0276. The summed E-state index contributed by atoms with van der Waals surface area (Å²) in [7, 11) is 0. The van der Waals surface area contributed by atoms with Gasteiger partial charge in [-0.3, -0.25) is 4.79 Å². The third-order valence-corrected chi connectivity index (χ3v) is 2.98. The lowest BCUT2D eigenvalue weighted by Crippen LogP contribution is -2.17. The first-order valence-corrected chi connectivity index (χ1v) is 6.56. The highest BCUT2D eigenvalue weighted by Crippen LogP contribution is 2.31. The van der Waals surface area contributed by atoms with E-state index in [1.807, 2.05) is 0 Å². The molecule has 0 bridgehead atoms. The number of fused-ring (bicyclic) bond motifs is 1. The molecule has 3 rings (SSSR count). The van der Waals surface area contributed by atoms with Crippen LogP contribution in [0.5, 0.6) is 17.2 Å². The second-order valence-electron chi connectivity index (χ2n) is 4.67. The average molecular weight is 321 g/mol. The number of pyridine rings is 1. The third kappa shape index (κ3) is 3.63. The summed E-state index contributed by atoms with van der Waals surface area (Å²) < 4.78 is 46.2. The number of hydrogen-bond acceptors (Lipinski definition) is 3. The summed E-state index contributed by atoms with van der Waals surface area (Å²) in [5, 5.41) is 0.634. The lowest BCUT2D eigenvalue weighted by Gasteiger charge is -2.11. The predicted molar refractivity (Wildman–Crippen MR) is 77.8 cm³/mol. The van der Waals surface area contributed by atoms with Crippen LogP contribution in [0.1, 0.15) is 0 Å². The number of rotatable bonds is 3. The van der Waals surface area contributed by atoms with Gasteiger partial charge in [0.15, 0.2) is 0 Å². The van der Waals surface area contributed by atoms with Crippen molar-refractivity contribution in [2.45, 2.75) is 6.36 Å². The van der Waals surface area contributed by atoms with E-state index in [1.54, 1.807) is 24.3 Å². The fourth-order valence-electron chi connectivity index (χ4n) is 2.12. The van der Waals surface area contributed by atoms with E-state index in [1.165, 1.54) is 18.2 Å². The molecule has 0 saturated heterocycles. The van der Waals surface area contributed by atoms with Crippen molar-refractivity contribution in [3.8, 4) is 17.2 Å². The highest BCUT2D eigenvalue weighted by atomic mass is 19.4. The number of halogens is 3. The zero-order valence-corrected chi connectivity index (χ0v) is 11.6. The Labute approximate surface area is 128 Å². The Balaban J connectivity index is 1.97. The van der Waals surface area contributed by atoms with Crippen LogP contribution in [-0.4, -0.2) is 11.3 Å². The van der Waals surface area contributed by atoms with Gasteiger partial charge in [-0.25, -0.2) is 0 Å². The lowest BCUT2D eigenvalue weighted by molar-refractivity contribution is -0.274. The molecule has 1 N–H and O–H groups in total. The van der Waals surface area contributed by atoms with Crippen LogP contribution in [-0.2, 0) is 0 Å². The van der Waals surface area contributed by atoms with Gasteiger partial charge in [0.1, 0.15) is 17.2 Å². The van der Waals surface area contributed by atoms with Crippen molar-refractivity contribution >= 4 is 10.9 Å². The van der Waals surface area contributed by atoms with E-state index < -0.39 is 12.1 Å². The van der Waals surface area contributed by atoms with Crippen LogP contribution in [0.25, 0.3) is 10.9 Å². The maximum absolute atomic E-state index is 12.3. The summed E-state index contributed by atoms with van der Waals surface area (Å²) in [6, 6.07) is 13.3. The summed E-state index contributed by atoms with van der Waals surface area (Å²) in [5.41, 5.74) is 0.194. The molecule has 0 radical (unpaired) electrons. The van der Waals surface area contributed by atoms with Gasteiger partial charge in [-0.2, -0.15) is 0 Å². The number of benzene rings is 2. The largest absolute Gasteiger partial charge is 0.573 e. The molecule has 1 aromatic heterocycles. The van der Waals surface area contributed by atoms with Gasteiger partial charge in [0.05, 0.1) is 5.52 Å². The highest BCUT2D eigenvalue weighted by molar-refractivity contribution is 5.84. The smallest absolute Gasteiger partial charge is 0.456 e. The Morgan fingerprint density at radius 3 is 2.43 bits per heavy atom. The van der Waals surface area contributed by atoms with E-state index in [0.717, 1.165) is 12.1 Å². The monoisotopic (exact) mass is 321 g/mol. The Bertz CT molecular complexity index is 903. The molecule has 0 atom stereocenters. The van der Waals surface area contributed by atoms with Crippen LogP contribution in [0.2, 0.25) is 0 Å². The molecule has 1 heterocycles. The van der Waals surface area contributed by atoms with E-state index in [2.05, 4.69) is 9.72 Å². The van der Waals surface area contributed by atoms with E-state index in [0.29, 0.717) is 10.9 Å². The molecular weight excluding hydrogens is 311 g/mol. The third-order valence-electron chi connectivity index (χ3n) is 2.98. The molecule has 0 aliphatic heterocycles. The Hall–Kier alpha value is -2.96. The van der Waals surface area contributed by atoms with Gasteiger partial charge >= 0.3 is 6.36 Å². The normalized spacial score (nSPS) is 11.4. The van der Waals surface area contributed by atoms with Gasteiger partial charge in [0.25, 0.3) is 5.56 Å². The van der Waals surface area contributed by atoms with Crippen molar-refractivity contribution in [1.29, 1.82) is 0 Å². The minimum Gasteiger partial charge on any atom is -0.456 e. The molecule has 3 aromatic rings. The molecule has 0 unspecified atom stereocenters. The fourth-order valence-corrected chi connectivity index (χ4v) is 2.12. The molecule has 118 valence electrons. The van der Waals surface area contributed by atoms with Crippen LogP contribution in [0.3, 0.4) is 0 Å². The maximum Gasteiger partial charge on any atom is 0.573 e. The van der Waals surface area contributed by atoms with E-state index >= 15 is 0 Å². The topological polar surface area (TPSA) is 51.3 Å². The molecule has 0 amide bonds. The average Bonchev–Trinajstić information content (AvgIpc) is 2.45. The number of hydrogen-bond donors (Lipinski definition) is 1. The van der Waals surface area contributed by atoms with Gasteiger partial charge in [-0.05, 0) is 24.3 Å². The second kappa shape index (κ2) is 5.68. The summed E-state index contributed by atoms with van der Waals surface area (Å²) in [6.45, 7) is 0. The maximum atomic E-state index is 12.3. The van der Waals surface area contributed by atoms with Gasteiger partial charge in [-0.1, -0.05) is 18.2 Å². The predicted octanol–water partition coefficient (Wildman–Crippen LogP) is 4.22. The lowest BCUT2D eigenvalue weighted by atomic mass is 10.2. The van der Waals surface area contributed by atoms with Crippen LogP contribution in [0.15, 0.2) is 59.4 Å². The Morgan fingerprint density at radius 1 is 0.913 bits per heavy atom. The Morgan fingerprint density at radius 2 is 1.65 bits per heavy atom. The summed E-state index contributed by atoms with van der Waals surface area (Å²) in [6.07, 6.45) is -4.78. The summed E-state index contributed by atoms with van der Waals surface area (Å²) in [4.78, 5) is 14.3. The second-order valence-corrected chi connectivity index (χ2v) is 4.67. The molecular formula is C16H10F3NO3. The molecule has 0 spiro atoms. The number of ether oxygens (including phenoxy) is 2. The molecule has 23 heavy (non-hydrogen) atoms. The van der Waals surface area contributed by atoms with Gasteiger partial charge in [0, 0.05) is 17.5 Å². The molecule has 0 aliphatic rings. The molecule has 4 nitrogen and oxygen atoms in total. The van der Waals surface area contributed by atoms with E-state index in [4.69, 9.17) is 4.74 Å². The SMILES string of the molecule is O=c1cc(Oc2cccc(OC(F)(F)F)c2)c2ccccc2[nH]1. The minimum absolute atomic E-state index is 0.127. The molecule has 7 heteroatoms. The van der Waals surface area contributed by atoms with Crippen molar-refractivity contribution in [3.05, 3.63) is 65.0 Å². The fraction of sp³-hybridized carbons (Fsp3) is 0.0625. The van der Waals surface area contributed by atoms with Gasteiger partial charge < -0.3 is 14.5 Å². The van der Waals surface area contributed by atoms with E-state index in [9.17, 15) is 18.0 Å². The van der Waals surface area contributed by atoms with E-state index in [-0.39, 0.29) is 17.1 Å². The van der Waals surface area contributed by atoms with Gasteiger partial charge in [0.2, 0.25) is 0 Å². The first-order chi connectivity index (χ1) is 10.9. The molecule has 0 saturated carbocycles. The van der Waals surface area contributed by atoms with Crippen molar-refractivity contribution in [2.75, 3.05) is 0 Å². The zero-order valence-electron chi connectivity index (χ0n) is 11.6. The number of para-hydroxylation sites is 1. The molecule has 2 aromatic carbocycles. The van der Waals surface area contributed by atoms with Crippen molar-refractivity contribution in [2.24, 2.45) is 0 Å². The van der Waals surface area contributed by atoms with Crippen molar-refractivity contribution in [1.82, 2.24) is 4.98 Å². The Kier molecular flexibility index (Phi) is 3.69. The van der Waals surface area contributed by atoms with Crippen LogP contribution >= 0.6 is 0 Å². The first-order valence-electron chi connectivity index (χ1n) is 6.56.